The summed E-state index contributed by atoms with van der Waals surface area (Å²) in [5.74, 6) is -1.38. The van der Waals surface area contributed by atoms with Crippen molar-refractivity contribution in [2.75, 3.05) is 33.2 Å². The third-order valence-corrected chi connectivity index (χ3v) is 2.23. The summed E-state index contributed by atoms with van der Waals surface area (Å²) in [5, 5.41) is 11.4. The molecule has 0 unspecified atom stereocenters. The first kappa shape index (κ1) is 16.9. The number of carbonyl (C=O) groups excluding carboxylic acids is 2. The molecule has 19 heavy (non-hydrogen) atoms. The lowest BCUT2D eigenvalue weighted by molar-refractivity contribution is -0.137. The molecule has 0 heterocycles. The molecular formula is C12H21N3O4. The first-order valence-corrected chi connectivity index (χ1v) is 6.01. The fraction of sp³-hybridized carbons (Fsp3) is 0.583. The quantitative estimate of drug-likeness (QED) is 0.614. The number of carboxylic acids is 1. The van der Waals surface area contributed by atoms with Gasteiger partial charge in [0, 0.05) is 20.1 Å². The number of urea groups is 1. The Labute approximate surface area is 112 Å². The fourth-order valence-corrected chi connectivity index (χ4v) is 1.37. The van der Waals surface area contributed by atoms with Crippen LogP contribution >= 0.6 is 0 Å². The minimum absolute atomic E-state index is 0.105. The lowest BCUT2D eigenvalue weighted by atomic mass is 10.4. The van der Waals surface area contributed by atoms with Crippen molar-refractivity contribution in [1.82, 2.24) is 15.1 Å². The van der Waals surface area contributed by atoms with Gasteiger partial charge in [-0.3, -0.25) is 9.59 Å². The van der Waals surface area contributed by atoms with Gasteiger partial charge in [0.1, 0.15) is 13.1 Å². The molecule has 0 aliphatic rings. The molecule has 0 bridgehead atoms. The van der Waals surface area contributed by atoms with Crippen molar-refractivity contribution < 1.29 is 19.5 Å². The molecule has 2 N–H and O–H groups in total. The Morgan fingerprint density at radius 1 is 1.32 bits per heavy atom. The van der Waals surface area contributed by atoms with Crippen molar-refractivity contribution in [1.29, 1.82) is 0 Å². The van der Waals surface area contributed by atoms with E-state index >= 15 is 0 Å². The van der Waals surface area contributed by atoms with E-state index in [1.54, 1.807) is 0 Å². The summed E-state index contributed by atoms with van der Waals surface area (Å²) in [5.41, 5.74) is 0. The third-order valence-electron chi connectivity index (χ3n) is 2.23. The van der Waals surface area contributed by atoms with Crippen LogP contribution in [0.4, 0.5) is 4.79 Å². The summed E-state index contributed by atoms with van der Waals surface area (Å²) in [7, 11) is 1.45. The molecule has 7 nitrogen and oxygen atoms in total. The molecule has 0 aliphatic heterocycles. The fourth-order valence-electron chi connectivity index (χ4n) is 1.37. The molecule has 0 aliphatic carbocycles. The van der Waals surface area contributed by atoms with Gasteiger partial charge in [0.15, 0.2) is 0 Å². The first-order chi connectivity index (χ1) is 8.92. The van der Waals surface area contributed by atoms with E-state index in [1.165, 1.54) is 18.0 Å². The van der Waals surface area contributed by atoms with Gasteiger partial charge >= 0.3 is 12.0 Å². The molecule has 0 saturated heterocycles. The number of amides is 3. The molecule has 0 radical (unpaired) electrons. The molecule has 0 atom stereocenters. The van der Waals surface area contributed by atoms with Gasteiger partial charge in [-0.1, -0.05) is 13.0 Å². The number of rotatable bonds is 8. The Hall–Kier alpha value is -2.05. The number of nitrogens with one attached hydrogen (secondary N) is 1. The Balaban J connectivity index is 4.44. The van der Waals surface area contributed by atoms with Gasteiger partial charge in [0.25, 0.3) is 0 Å². The van der Waals surface area contributed by atoms with E-state index in [9.17, 15) is 14.4 Å². The minimum Gasteiger partial charge on any atom is -0.480 e. The number of likely N-dealkylation sites (N-methyl/N-ethyl adjacent to an activating group) is 1. The zero-order valence-electron chi connectivity index (χ0n) is 11.4. The Morgan fingerprint density at radius 3 is 2.42 bits per heavy atom. The summed E-state index contributed by atoms with van der Waals surface area (Å²) >= 11 is 0. The lowest BCUT2D eigenvalue weighted by Crippen LogP contribution is -2.47. The number of carboxylic acid groups (broad SMARTS) is 1. The van der Waals surface area contributed by atoms with E-state index in [1.807, 2.05) is 6.92 Å². The number of aliphatic carboxylic acids is 1. The van der Waals surface area contributed by atoms with E-state index in [0.29, 0.717) is 6.54 Å². The number of carbonyl (C=O) groups is 3. The zero-order chi connectivity index (χ0) is 14.8. The normalized spacial score (nSPS) is 9.58. The number of hydrogen-bond donors (Lipinski definition) is 2. The smallest absolute Gasteiger partial charge is 0.323 e. The maximum Gasteiger partial charge on any atom is 0.323 e. The van der Waals surface area contributed by atoms with E-state index in [2.05, 4.69) is 11.9 Å². The van der Waals surface area contributed by atoms with Crippen molar-refractivity contribution in [2.24, 2.45) is 0 Å². The summed E-state index contributed by atoms with van der Waals surface area (Å²) in [6, 6.07) is -0.519. The molecule has 0 spiro atoms. The zero-order valence-corrected chi connectivity index (χ0v) is 11.4. The van der Waals surface area contributed by atoms with Crippen LogP contribution in [0.15, 0.2) is 12.7 Å². The van der Waals surface area contributed by atoms with Crippen molar-refractivity contribution in [2.45, 2.75) is 13.3 Å². The molecule has 7 heteroatoms. The molecule has 0 aromatic heterocycles. The lowest BCUT2D eigenvalue weighted by Gasteiger charge is -2.25. The monoisotopic (exact) mass is 271 g/mol. The van der Waals surface area contributed by atoms with Gasteiger partial charge in [-0.25, -0.2) is 4.79 Å². The molecule has 108 valence electrons. The Kier molecular flexibility index (Phi) is 7.99. The van der Waals surface area contributed by atoms with E-state index in [-0.39, 0.29) is 19.0 Å². The van der Waals surface area contributed by atoms with Crippen molar-refractivity contribution in [3.8, 4) is 0 Å². The summed E-state index contributed by atoms with van der Waals surface area (Å²) in [6.45, 7) is 5.53. The SMILES string of the molecule is C=CCN(CC(=O)O)C(=O)N(C)CC(=O)NCCC. The minimum atomic E-state index is -1.11. The van der Waals surface area contributed by atoms with Gasteiger partial charge in [-0.05, 0) is 6.42 Å². The standard InChI is InChI=1S/C12H21N3O4/c1-4-6-13-10(16)8-14(3)12(19)15(7-5-2)9-11(17)18/h5H,2,4,6-9H2,1,3H3,(H,13,16)(H,17,18). The van der Waals surface area contributed by atoms with E-state index in [4.69, 9.17) is 5.11 Å². The molecule has 0 saturated carbocycles. The maximum absolute atomic E-state index is 11.9. The summed E-state index contributed by atoms with van der Waals surface area (Å²) in [4.78, 5) is 36.3. The maximum atomic E-state index is 11.9. The topological polar surface area (TPSA) is 90.0 Å². The van der Waals surface area contributed by atoms with Gasteiger partial charge < -0.3 is 20.2 Å². The second kappa shape index (κ2) is 8.96. The van der Waals surface area contributed by atoms with Gasteiger partial charge in [0.05, 0.1) is 0 Å². The molecular weight excluding hydrogens is 250 g/mol. The molecule has 0 aromatic rings. The highest BCUT2D eigenvalue weighted by atomic mass is 16.4. The Morgan fingerprint density at radius 2 is 1.95 bits per heavy atom. The average molecular weight is 271 g/mol. The van der Waals surface area contributed by atoms with Crippen LogP contribution in [0.5, 0.6) is 0 Å². The van der Waals surface area contributed by atoms with Gasteiger partial charge in [-0.2, -0.15) is 0 Å². The van der Waals surface area contributed by atoms with Crippen molar-refractivity contribution >= 4 is 17.9 Å². The van der Waals surface area contributed by atoms with Crippen molar-refractivity contribution in [3.63, 3.8) is 0 Å². The van der Waals surface area contributed by atoms with Crippen LogP contribution in [0.2, 0.25) is 0 Å². The van der Waals surface area contributed by atoms with Crippen molar-refractivity contribution in [3.05, 3.63) is 12.7 Å². The second-order valence-corrected chi connectivity index (χ2v) is 4.05. The van der Waals surface area contributed by atoms with Crippen LogP contribution in [0.25, 0.3) is 0 Å². The molecule has 3 amide bonds. The van der Waals surface area contributed by atoms with Crippen LogP contribution in [0, 0.1) is 0 Å². The molecule has 0 aromatic carbocycles. The predicted molar refractivity (Wildman–Crippen MR) is 70.7 cm³/mol. The average Bonchev–Trinajstić information content (AvgIpc) is 2.34. The number of nitrogens with zero attached hydrogens (tertiary/aromatic N) is 2. The van der Waals surface area contributed by atoms with E-state index in [0.717, 1.165) is 11.3 Å². The first-order valence-electron chi connectivity index (χ1n) is 6.01. The third kappa shape index (κ3) is 7.07. The van der Waals surface area contributed by atoms with Gasteiger partial charge in [-0.15, -0.1) is 6.58 Å². The highest BCUT2D eigenvalue weighted by Gasteiger charge is 2.20. The highest BCUT2D eigenvalue weighted by molar-refractivity contribution is 5.85. The highest BCUT2D eigenvalue weighted by Crippen LogP contribution is 1.97. The second-order valence-electron chi connectivity index (χ2n) is 4.05. The number of hydrogen-bond acceptors (Lipinski definition) is 3. The van der Waals surface area contributed by atoms with Crippen LogP contribution in [-0.2, 0) is 9.59 Å². The largest absolute Gasteiger partial charge is 0.480 e. The summed E-state index contributed by atoms with van der Waals surface area (Å²) < 4.78 is 0. The van der Waals surface area contributed by atoms with Crippen LogP contribution in [-0.4, -0.2) is 66.0 Å². The van der Waals surface area contributed by atoms with Crippen LogP contribution in [0.3, 0.4) is 0 Å². The van der Waals surface area contributed by atoms with Crippen LogP contribution < -0.4 is 5.32 Å². The molecule has 0 rings (SSSR count). The predicted octanol–water partition coefficient (Wildman–Crippen LogP) is 0.137. The summed E-state index contributed by atoms with van der Waals surface area (Å²) in [6.07, 6.45) is 2.25. The Bertz CT molecular complexity index is 344. The van der Waals surface area contributed by atoms with Crippen LogP contribution in [0.1, 0.15) is 13.3 Å². The van der Waals surface area contributed by atoms with E-state index < -0.39 is 18.5 Å². The molecule has 0 fully saturated rings. The van der Waals surface area contributed by atoms with Gasteiger partial charge in [0.2, 0.25) is 5.91 Å².